The van der Waals surface area contributed by atoms with E-state index in [1.165, 1.54) is 0 Å². The molecular formula is C16H14Cl2N2O. The van der Waals surface area contributed by atoms with Crippen LogP contribution in [0.1, 0.15) is 18.1 Å². The predicted octanol–water partition coefficient (Wildman–Crippen LogP) is 4.99. The Balaban J connectivity index is 2.28. The Bertz CT molecular complexity index is 779. The summed E-state index contributed by atoms with van der Waals surface area (Å²) in [6, 6.07) is 13.5. The molecule has 0 aliphatic heterocycles. The number of ether oxygens (including phenoxy) is 1. The van der Waals surface area contributed by atoms with E-state index in [0.29, 0.717) is 5.02 Å². The van der Waals surface area contributed by atoms with Crippen molar-refractivity contribution < 1.29 is 4.74 Å². The summed E-state index contributed by atoms with van der Waals surface area (Å²) in [6.07, 6.45) is 0. The van der Waals surface area contributed by atoms with E-state index in [1.54, 1.807) is 7.11 Å². The predicted molar refractivity (Wildman–Crippen MR) is 86.9 cm³/mol. The highest BCUT2D eigenvalue weighted by Crippen LogP contribution is 2.31. The zero-order valence-corrected chi connectivity index (χ0v) is 13.2. The number of hydrogen-bond donors (Lipinski definition) is 0. The van der Waals surface area contributed by atoms with Crippen molar-refractivity contribution in [1.29, 1.82) is 0 Å². The van der Waals surface area contributed by atoms with Gasteiger partial charge in [-0.15, -0.1) is 11.6 Å². The minimum absolute atomic E-state index is 0.226. The van der Waals surface area contributed by atoms with Gasteiger partial charge in [-0.1, -0.05) is 17.7 Å². The summed E-state index contributed by atoms with van der Waals surface area (Å²) >= 11 is 12.5. The van der Waals surface area contributed by atoms with Gasteiger partial charge in [-0.25, -0.2) is 4.98 Å². The number of fused-ring (bicyclic) bond motifs is 1. The van der Waals surface area contributed by atoms with Gasteiger partial charge in [-0.3, -0.25) is 4.57 Å². The van der Waals surface area contributed by atoms with E-state index in [-0.39, 0.29) is 5.38 Å². The van der Waals surface area contributed by atoms with Crippen molar-refractivity contribution in [1.82, 2.24) is 9.55 Å². The molecule has 0 N–H and O–H groups in total. The van der Waals surface area contributed by atoms with E-state index in [2.05, 4.69) is 4.98 Å². The summed E-state index contributed by atoms with van der Waals surface area (Å²) in [5.74, 6) is 1.58. The molecule has 0 bridgehead atoms. The number of alkyl halides is 1. The Morgan fingerprint density at radius 2 is 1.86 bits per heavy atom. The maximum Gasteiger partial charge on any atom is 0.132 e. The van der Waals surface area contributed by atoms with Crippen molar-refractivity contribution in [3.63, 3.8) is 0 Å². The van der Waals surface area contributed by atoms with Gasteiger partial charge in [0.2, 0.25) is 0 Å². The molecule has 1 unspecified atom stereocenters. The summed E-state index contributed by atoms with van der Waals surface area (Å²) in [6.45, 7) is 1.90. The van der Waals surface area contributed by atoms with Crippen molar-refractivity contribution in [2.45, 2.75) is 12.3 Å². The molecule has 5 heteroatoms. The number of imidazole rings is 1. The van der Waals surface area contributed by atoms with Gasteiger partial charge in [-0.05, 0) is 43.3 Å². The van der Waals surface area contributed by atoms with Crippen LogP contribution in [-0.4, -0.2) is 16.7 Å². The average Bonchev–Trinajstić information content (AvgIpc) is 2.88. The van der Waals surface area contributed by atoms with Crippen molar-refractivity contribution in [2.24, 2.45) is 0 Å². The number of rotatable bonds is 3. The highest BCUT2D eigenvalue weighted by Gasteiger charge is 2.17. The topological polar surface area (TPSA) is 27.1 Å². The maximum absolute atomic E-state index is 6.29. The van der Waals surface area contributed by atoms with Gasteiger partial charge in [0.15, 0.2) is 0 Å². The number of hydrogen-bond acceptors (Lipinski definition) is 2. The standard InChI is InChI=1S/C16H14Cl2N2O/c1-10(17)16-19-15-13(18)4-3-5-14(15)20(16)11-6-8-12(21-2)9-7-11/h3-10H,1-2H3. The van der Waals surface area contributed by atoms with Gasteiger partial charge in [0.05, 0.1) is 23.0 Å². The van der Waals surface area contributed by atoms with E-state index in [4.69, 9.17) is 27.9 Å². The summed E-state index contributed by atoms with van der Waals surface area (Å²) < 4.78 is 7.22. The fourth-order valence-corrected chi connectivity index (χ4v) is 2.71. The van der Waals surface area contributed by atoms with Gasteiger partial charge >= 0.3 is 0 Å². The van der Waals surface area contributed by atoms with E-state index >= 15 is 0 Å². The molecule has 0 aliphatic carbocycles. The number of methoxy groups -OCH3 is 1. The van der Waals surface area contributed by atoms with E-state index in [9.17, 15) is 0 Å². The van der Waals surface area contributed by atoms with Crippen LogP contribution in [-0.2, 0) is 0 Å². The molecule has 1 atom stereocenters. The van der Waals surface area contributed by atoms with Crippen LogP contribution in [0.5, 0.6) is 5.75 Å². The number of benzene rings is 2. The second-order valence-corrected chi connectivity index (χ2v) is 5.79. The Morgan fingerprint density at radius 1 is 1.14 bits per heavy atom. The molecule has 0 aliphatic rings. The molecule has 21 heavy (non-hydrogen) atoms. The minimum atomic E-state index is -0.226. The Hall–Kier alpha value is -1.71. The first-order valence-corrected chi connectivity index (χ1v) is 7.38. The van der Waals surface area contributed by atoms with Crippen LogP contribution in [0.2, 0.25) is 5.02 Å². The molecule has 3 rings (SSSR count). The lowest BCUT2D eigenvalue weighted by Crippen LogP contribution is -2.01. The molecule has 0 saturated heterocycles. The van der Waals surface area contributed by atoms with Crippen molar-refractivity contribution in [2.75, 3.05) is 7.11 Å². The smallest absolute Gasteiger partial charge is 0.132 e. The normalized spacial score (nSPS) is 12.6. The molecule has 108 valence electrons. The van der Waals surface area contributed by atoms with Gasteiger partial charge < -0.3 is 4.74 Å². The molecule has 0 radical (unpaired) electrons. The van der Waals surface area contributed by atoms with E-state index in [1.807, 2.05) is 54.0 Å². The Labute approximate surface area is 133 Å². The van der Waals surface area contributed by atoms with Crippen LogP contribution in [0.25, 0.3) is 16.7 Å². The summed E-state index contributed by atoms with van der Waals surface area (Å²) in [5.41, 5.74) is 2.68. The SMILES string of the molecule is COc1ccc(-n2c(C(C)Cl)nc3c(Cl)cccc32)cc1. The average molecular weight is 321 g/mol. The highest BCUT2D eigenvalue weighted by atomic mass is 35.5. The van der Waals surface area contributed by atoms with Crippen LogP contribution < -0.4 is 4.74 Å². The number of halogens is 2. The quantitative estimate of drug-likeness (QED) is 0.636. The largest absolute Gasteiger partial charge is 0.497 e. The Morgan fingerprint density at radius 3 is 2.48 bits per heavy atom. The molecule has 0 spiro atoms. The summed E-state index contributed by atoms with van der Waals surface area (Å²) in [7, 11) is 1.65. The molecule has 0 saturated carbocycles. The second-order valence-electron chi connectivity index (χ2n) is 4.73. The van der Waals surface area contributed by atoms with Crippen LogP contribution in [0, 0.1) is 0 Å². The molecule has 0 amide bonds. The summed E-state index contributed by atoms with van der Waals surface area (Å²) in [5, 5.41) is 0.397. The molecule has 3 aromatic rings. The van der Waals surface area contributed by atoms with E-state index in [0.717, 1.165) is 28.3 Å². The monoisotopic (exact) mass is 320 g/mol. The first-order valence-electron chi connectivity index (χ1n) is 6.57. The molecule has 0 fully saturated rings. The third-order valence-electron chi connectivity index (χ3n) is 3.35. The first-order chi connectivity index (χ1) is 10.1. The van der Waals surface area contributed by atoms with Crippen molar-refractivity contribution in [3.05, 3.63) is 53.3 Å². The van der Waals surface area contributed by atoms with Crippen molar-refractivity contribution >= 4 is 34.2 Å². The van der Waals surface area contributed by atoms with Gasteiger partial charge in [0.25, 0.3) is 0 Å². The third-order valence-corrected chi connectivity index (χ3v) is 3.85. The van der Waals surface area contributed by atoms with Crippen molar-refractivity contribution in [3.8, 4) is 11.4 Å². The fraction of sp³-hybridized carbons (Fsp3) is 0.188. The second kappa shape index (κ2) is 5.58. The lowest BCUT2D eigenvalue weighted by molar-refractivity contribution is 0.414. The fourth-order valence-electron chi connectivity index (χ4n) is 2.35. The van der Waals surface area contributed by atoms with Crippen LogP contribution in [0.4, 0.5) is 0 Å². The third kappa shape index (κ3) is 2.47. The van der Waals surface area contributed by atoms with Gasteiger partial charge in [-0.2, -0.15) is 0 Å². The Kier molecular flexibility index (Phi) is 3.79. The van der Waals surface area contributed by atoms with Crippen LogP contribution >= 0.6 is 23.2 Å². The van der Waals surface area contributed by atoms with Gasteiger partial charge in [0, 0.05) is 5.69 Å². The lowest BCUT2D eigenvalue weighted by atomic mass is 10.2. The zero-order valence-electron chi connectivity index (χ0n) is 11.7. The van der Waals surface area contributed by atoms with Crippen LogP contribution in [0.3, 0.4) is 0 Å². The minimum Gasteiger partial charge on any atom is -0.497 e. The number of para-hydroxylation sites is 1. The summed E-state index contributed by atoms with van der Waals surface area (Å²) in [4.78, 5) is 4.60. The lowest BCUT2D eigenvalue weighted by Gasteiger charge is -2.11. The molecular weight excluding hydrogens is 307 g/mol. The molecule has 3 nitrogen and oxygen atoms in total. The molecule has 1 heterocycles. The first kappa shape index (κ1) is 14.2. The number of aromatic nitrogens is 2. The van der Waals surface area contributed by atoms with E-state index < -0.39 is 0 Å². The van der Waals surface area contributed by atoms with Crippen LogP contribution in [0.15, 0.2) is 42.5 Å². The molecule has 2 aromatic carbocycles. The number of nitrogens with zero attached hydrogens (tertiary/aromatic N) is 2. The molecule has 1 aromatic heterocycles. The zero-order chi connectivity index (χ0) is 15.0. The highest BCUT2D eigenvalue weighted by molar-refractivity contribution is 6.35. The maximum atomic E-state index is 6.29. The van der Waals surface area contributed by atoms with Gasteiger partial charge in [0.1, 0.15) is 17.1 Å².